The summed E-state index contributed by atoms with van der Waals surface area (Å²) in [5, 5.41) is 0. The fourth-order valence-electron chi connectivity index (χ4n) is 1.38. The monoisotopic (exact) mass is 164 g/mol. The van der Waals surface area contributed by atoms with Gasteiger partial charge in [-0.3, -0.25) is 4.98 Å². The Labute approximate surface area is 71.1 Å². The van der Waals surface area contributed by atoms with Crippen LogP contribution in [-0.2, 0) is 0 Å². The lowest BCUT2D eigenvalue weighted by molar-refractivity contribution is 0.551. The van der Waals surface area contributed by atoms with Crippen LogP contribution >= 0.6 is 0 Å². The smallest absolute Gasteiger partial charge is 0.0698 e. The van der Waals surface area contributed by atoms with Crippen molar-refractivity contribution in [3.8, 4) is 0 Å². The van der Waals surface area contributed by atoms with E-state index < -0.39 is 0 Å². The van der Waals surface area contributed by atoms with E-state index in [1.54, 1.807) is 6.20 Å². The van der Waals surface area contributed by atoms with E-state index in [4.69, 9.17) is 5.73 Å². The molecule has 4 nitrogen and oxygen atoms in total. The molecule has 0 bridgehead atoms. The minimum atomic E-state index is 0.0511. The van der Waals surface area contributed by atoms with E-state index in [-0.39, 0.29) is 6.17 Å². The van der Waals surface area contributed by atoms with Crippen molar-refractivity contribution in [2.75, 3.05) is 0 Å². The molecule has 1 aromatic rings. The highest BCUT2D eigenvalue weighted by Gasteiger charge is 2.21. The first-order valence-electron chi connectivity index (χ1n) is 4.03. The van der Waals surface area contributed by atoms with Crippen molar-refractivity contribution in [3.05, 3.63) is 30.1 Å². The van der Waals surface area contributed by atoms with Gasteiger partial charge < -0.3 is 5.73 Å². The molecule has 1 fully saturated rings. The van der Waals surface area contributed by atoms with Crippen LogP contribution in [0.4, 0.5) is 0 Å². The second-order valence-corrected chi connectivity index (χ2v) is 2.97. The molecule has 1 aliphatic rings. The van der Waals surface area contributed by atoms with Crippen molar-refractivity contribution in [1.29, 1.82) is 0 Å². The number of rotatable bonds is 1. The van der Waals surface area contributed by atoms with Crippen LogP contribution in [0.1, 0.15) is 18.0 Å². The van der Waals surface area contributed by atoms with Gasteiger partial charge in [0, 0.05) is 12.4 Å². The molecule has 0 saturated carbocycles. The number of pyridine rings is 1. The Morgan fingerprint density at radius 1 is 1.50 bits per heavy atom. The maximum atomic E-state index is 5.67. The molecule has 12 heavy (non-hydrogen) atoms. The van der Waals surface area contributed by atoms with Crippen molar-refractivity contribution in [3.63, 3.8) is 0 Å². The Hall–Kier alpha value is -0.970. The molecule has 2 atom stereocenters. The van der Waals surface area contributed by atoms with Gasteiger partial charge in [-0.15, -0.1) is 0 Å². The van der Waals surface area contributed by atoms with E-state index in [1.807, 2.05) is 18.3 Å². The summed E-state index contributed by atoms with van der Waals surface area (Å²) in [7, 11) is 0. The highest BCUT2D eigenvalue weighted by atomic mass is 15.4. The first-order valence-corrected chi connectivity index (χ1v) is 4.03. The zero-order valence-electron chi connectivity index (χ0n) is 6.70. The quantitative estimate of drug-likeness (QED) is 0.542. The summed E-state index contributed by atoms with van der Waals surface area (Å²) in [6.07, 6.45) is 4.59. The predicted octanol–water partition coefficient (Wildman–Crippen LogP) is -0.0946. The number of hydrazine groups is 1. The van der Waals surface area contributed by atoms with Gasteiger partial charge in [0.15, 0.2) is 0 Å². The summed E-state index contributed by atoms with van der Waals surface area (Å²) in [5.41, 5.74) is 12.9. The van der Waals surface area contributed by atoms with E-state index in [0.717, 1.165) is 6.42 Å². The number of hydrogen-bond donors (Lipinski definition) is 3. The number of hydrogen-bond acceptors (Lipinski definition) is 4. The topological polar surface area (TPSA) is 63.0 Å². The van der Waals surface area contributed by atoms with Gasteiger partial charge in [0.1, 0.15) is 0 Å². The Balaban J connectivity index is 2.11. The van der Waals surface area contributed by atoms with Crippen molar-refractivity contribution >= 4 is 0 Å². The third-order valence-electron chi connectivity index (χ3n) is 2.02. The molecule has 1 aliphatic heterocycles. The van der Waals surface area contributed by atoms with Gasteiger partial charge in [-0.1, -0.05) is 6.07 Å². The Morgan fingerprint density at radius 2 is 2.42 bits per heavy atom. The van der Waals surface area contributed by atoms with Crippen LogP contribution in [-0.4, -0.2) is 11.1 Å². The first-order chi connectivity index (χ1) is 5.86. The average molecular weight is 164 g/mol. The number of nitrogens with zero attached hydrogens (tertiary/aromatic N) is 1. The largest absolute Gasteiger partial charge is 0.315 e. The molecule has 2 unspecified atom stereocenters. The summed E-state index contributed by atoms with van der Waals surface area (Å²) in [4.78, 5) is 4.05. The molecule has 2 rings (SSSR count). The lowest BCUT2D eigenvalue weighted by Gasteiger charge is -2.07. The fourth-order valence-corrected chi connectivity index (χ4v) is 1.38. The second kappa shape index (κ2) is 3.18. The van der Waals surface area contributed by atoms with Gasteiger partial charge in [-0.2, -0.15) is 0 Å². The van der Waals surface area contributed by atoms with Gasteiger partial charge in [0.2, 0.25) is 0 Å². The minimum absolute atomic E-state index is 0.0511. The fraction of sp³-hybridized carbons (Fsp3) is 0.375. The average Bonchev–Trinajstić information content (AvgIpc) is 2.54. The highest BCUT2D eigenvalue weighted by Crippen LogP contribution is 2.18. The van der Waals surface area contributed by atoms with Crippen LogP contribution in [0.15, 0.2) is 24.5 Å². The molecular formula is C8H12N4. The normalized spacial score (nSPS) is 29.1. The lowest BCUT2D eigenvalue weighted by Crippen LogP contribution is -2.36. The highest BCUT2D eigenvalue weighted by molar-refractivity contribution is 5.14. The van der Waals surface area contributed by atoms with E-state index in [2.05, 4.69) is 15.8 Å². The molecule has 0 radical (unpaired) electrons. The van der Waals surface area contributed by atoms with Crippen LogP contribution in [0.5, 0.6) is 0 Å². The summed E-state index contributed by atoms with van der Waals surface area (Å²) in [6.45, 7) is 0. The molecule has 0 aliphatic carbocycles. The van der Waals surface area contributed by atoms with Crippen LogP contribution in [0.3, 0.4) is 0 Å². The molecule has 4 N–H and O–H groups in total. The maximum absolute atomic E-state index is 5.67. The van der Waals surface area contributed by atoms with Crippen LogP contribution in [0.2, 0.25) is 0 Å². The predicted molar refractivity (Wildman–Crippen MR) is 45.8 cm³/mol. The number of aromatic nitrogens is 1. The van der Waals surface area contributed by atoms with Gasteiger partial charge in [0.05, 0.1) is 12.2 Å². The zero-order chi connectivity index (χ0) is 8.39. The second-order valence-electron chi connectivity index (χ2n) is 2.97. The molecule has 0 aromatic carbocycles. The standard InChI is InChI=1S/C8H12N4/c9-8-4-7(11-12-8)6-2-1-3-10-5-6/h1-3,5,7-8,11-12H,4,9H2. The molecule has 1 saturated heterocycles. The van der Waals surface area contributed by atoms with Gasteiger partial charge >= 0.3 is 0 Å². The summed E-state index contributed by atoms with van der Waals surface area (Å²) in [6, 6.07) is 4.28. The lowest BCUT2D eigenvalue weighted by atomic mass is 10.1. The van der Waals surface area contributed by atoms with Crippen LogP contribution in [0, 0.1) is 0 Å². The Morgan fingerprint density at radius 3 is 3.00 bits per heavy atom. The van der Waals surface area contributed by atoms with Crippen molar-refractivity contribution < 1.29 is 0 Å². The van der Waals surface area contributed by atoms with Gasteiger partial charge in [0.25, 0.3) is 0 Å². The van der Waals surface area contributed by atoms with Gasteiger partial charge in [-0.25, -0.2) is 10.9 Å². The van der Waals surface area contributed by atoms with Gasteiger partial charge in [-0.05, 0) is 18.1 Å². The molecule has 0 amide bonds. The Bertz CT molecular complexity index is 248. The SMILES string of the molecule is NC1CC(c2cccnc2)NN1. The minimum Gasteiger partial charge on any atom is -0.315 e. The molecule has 64 valence electrons. The van der Waals surface area contributed by atoms with E-state index in [1.165, 1.54) is 5.56 Å². The number of nitrogens with one attached hydrogen (secondary N) is 2. The molecule has 1 aromatic heterocycles. The Kier molecular flexibility index (Phi) is 2.03. The summed E-state index contributed by atoms with van der Waals surface area (Å²) >= 11 is 0. The van der Waals surface area contributed by atoms with Crippen molar-refractivity contribution in [1.82, 2.24) is 15.8 Å². The maximum Gasteiger partial charge on any atom is 0.0698 e. The molecule has 0 spiro atoms. The van der Waals surface area contributed by atoms with E-state index in [0.29, 0.717) is 6.04 Å². The van der Waals surface area contributed by atoms with Crippen molar-refractivity contribution in [2.24, 2.45) is 5.73 Å². The first kappa shape index (κ1) is 7.67. The zero-order valence-corrected chi connectivity index (χ0v) is 6.70. The van der Waals surface area contributed by atoms with E-state index in [9.17, 15) is 0 Å². The van der Waals surface area contributed by atoms with Crippen molar-refractivity contribution in [2.45, 2.75) is 18.6 Å². The third kappa shape index (κ3) is 1.45. The molecular weight excluding hydrogens is 152 g/mol. The number of nitrogens with two attached hydrogens (primary N) is 1. The summed E-state index contributed by atoms with van der Waals surface area (Å²) in [5.74, 6) is 0. The van der Waals surface area contributed by atoms with Crippen LogP contribution < -0.4 is 16.6 Å². The van der Waals surface area contributed by atoms with Crippen LogP contribution in [0.25, 0.3) is 0 Å². The summed E-state index contributed by atoms with van der Waals surface area (Å²) < 4.78 is 0. The van der Waals surface area contributed by atoms with E-state index >= 15 is 0 Å². The molecule has 2 heterocycles. The molecule has 4 heteroatoms. The third-order valence-corrected chi connectivity index (χ3v) is 2.02.